The van der Waals surface area contributed by atoms with E-state index in [4.69, 9.17) is 53.8 Å². The summed E-state index contributed by atoms with van der Waals surface area (Å²) in [6.07, 6.45) is 1.08. The maximum atomic E-state index is 6.20. The first-order valence-electron chi connectivity index (χ1n) is 7.72. The molecule has 0 saturated heterocycles. The van der Waals surface area contributed by atoms with E-state index in [1.54, 1.807) is 27.4 Å². The average Bonchev–Trinajstić information content (AvgIpc) is 2.65. The van der Waals surface area contributed by atoms with E-state index in [0.717, 1.165) is 16.9 Å². The highest BCUT2D eigenvalue weighted by Crippen LogP contribution is 2.50. The van der Waals surface area contributed by atoms with Crippen molar-refractivity contribution in [3.63, 3.8) is 0 Å². The van der Waals surface area contributed by atoms with Crippen LogP contribution in [0.1, 0.15) is 22.8 Å². The van der Waals surface area contributed by atoms with E-state index < -0.39 is 9.90 Å². The summed E-state index contributed by atoms with van der Waals surface area (Å²) in [4.78, 5) is 0. The summed E-state index contributed by atoms with van der Waals surface area (Å²) in [7, 11) is 4.74. The van der Waals surface area contributed by atoms with Crippen molar-refractivity contribution in [1.29, 1.82) is 0 Å². The predicted octanol–water partition coefficient (Wildman–Crippen LogP) is 5.65. The second kappa shape index (κ2) is 7.47. The van der Waals surface area contributed by atoms with Crippen LogP contribution in [0.15, 0.2) is 36.4 Å². The number of alkyl halides is 3. The largest absolute Gasteiger partial charge is 0.497 e. The minimum absolute atomic E-state index is 0.537. The van der Waals surface area contributed by atoms with Crippen LogP contribution in [0.3, 0.4) is 0 Å². The molecule has 0 N–H and O–H groups in total. The van der Waals surface area contributed by atoms with Crippen molar-refractivity contribution >= 4 is 46.6 Å². The highest BCUT2D eigenvalue weighted by molar-refractivity contribution is 6.68. The Balaban J connectivity index is 2.13. The van der Waals surface area contributed by atoms with Crippen LogP contribution >= 0.6 is 34.8 Å². The van der Waals surface area contributed by atoms with Crippen LogP contribution in [-0.4, -0.2) is 25.1 Å². The Bertz CT molecular complexity index is 826. The number of benzene rings is 2. The minimum atomic E-state index is -1.67. The van der Waals surface area contributed by atoms with Crippen LogP contribution in [0.4, 0.5) is 0 Å². The lowest BCUT2D eigenvalue weighted by molar-refractivity contribution is 0.170. The number of ether oxygens (including phenoxy) is 4. The number of rotatable bonds is 4. The molecule has 1 aliphatic heterocycles. The first-order valence-corrected chi connectivity index (χ1v) is 8.86. The van der Waals surface area contributed by atoms with Crippen LogP contribution in [-0.2, 0) is 4.74 Å². The Kier molecular flexibility index (Phi) is 5.47. The zero-order valence-electron chi connectivity index (χ0n) is 14.4. The molecule has 1 aliphatic rings. The molecule has 0 spiro atoms. The van der Waals surface area contributed by atoms with E-state index >= 15 is 0 Å². The number of hydrogen-bond donors (Lipinski definition) is 0. The van der Waals surface area contributed by atoms with Gasteiger partial charge >= 0.3 is 0 Å². The summed E-state index contributed by atoms with van der Waals surface area (Å²) in [6.45, 7) is 0. The summed E-state index contributed by atoms with van der Waals surface area (Å²) in [6, 6.07) is 11.0. The second-order valence-corrected chi connectivity index (χ2v) is 7.98. The fourth-order valence-corrected chi connectivity index (χ4v) is 3.26. The third-order valence-corrected chi connectivity index (χ3v) is 4.67. The molecule has 3 rings (SSSR count). The fraction of sp³-hybridized carbons (Fsp3) is 0.263. The van der Waals surface area contributed by atoms with E-state index in [9.17, 15) is 0 Å². The van der Waals surface area contributed by atoms with Gasteiger partial charge < -0.3 is 18.9 Å². The van der Waals surface area contributed by atoms with Gasteiger partial charge in [-0.05, 0) is 48.0 Å². The second-order valence-electron chi connectivity index (χ2n) is 5.61. The Morgan fingerprint density at radius 1 is 0.885 bits per heavy atom. The lowest BCUT2D eigenvalue weighted by Crippen LogP contribution is -2.23. The van der Waals surface area contributed by atoms with Crippen LogP contribution in [0, 0.1) is 0 Å². The van der Waals surface area contributed by atoms with E-state index in [1.165, 1.54) is 0 Å². The molecule has 0 bridgehead atoms. The molecule has 4 nitrogen and oxygen atoms in total. The lowest BCUT2D eigenvalue weighted by atomic mass is 9.97. The Morgan fingerprint density at radius 3 is 2.04 bits per heavy atom. The van der Waals surface area contributed by atoms with Crippen LogP contribution < -0.4 is 14.2 Å². The normalized spacial score (nSPS) is 16.2. The summed E-state index contributed by atoms with van der Waals surface area (Å²) < 4.78 is 20.3. The molecule has 0 radical (unpaired) electrons. The van der Waals surface area contributed by atoms with Gasteiger partial charge in [0.15, 0.2) is 17.6 Å². The van der Waals surface area contributed by atoms with Gasteiger partial charge in [0.2, 0.25) is 3.79 Å². The third kappa shape index (κ3) is 3.68. The maximum absolute atomic E-state index is 6.20. The molecule has 138 valence electrons. The Labute approximate surface area is 167 Å². The van der Waals surface area contributed by atoms with Gasteiger partial charge in [-0.2, -0.15) is 0 Å². The molecular formula is C19H17Cl3O4. The van der Waals surface area contributed by atoms with Crippen molar-refractivity contribution in [1.82, 2.24) is 0 Å². The molecule has 2 aromatic rings. The van der Waals surface area contributed by atoms with Crippen LogP contribution in [0.5, 0.6) is 17.2 Å². The predicted molar refractivity (Wildman–Crippen MR) is 105 cm³/mol. The van der Waals surface area contributed by atoms with Gasteiger partial charge in [0.25, 0.3) is 0 Å². The van der Waals surface area contributed by atoms with Gasteiger partial charge in [0.05, 0.1) is 21.3 Å². The molecule has 0 aromatic heterocycles. The smallest absolute Gasteiger partial charge is 0.231 e. The number of methoxy groups -OCH3 is 3. The highest BCUT2D eigenvalue weighted by atomic mass is 35.6. The van der Waals surface area contributed by atoms with Crippen molar-refractivity contribution in [3.8, 4) is 17.2 Å². The quantitative estimate of drug-likeness (QED) is 0.604. The standard InChI is InChI=1S/C19H17Cl3O4/c1-23-13-6-4-11(5-7-13)15-8-12-9-16(24-2)17(25-3)10-14(12)18(26-15)19(20,21)22/h4-10,18H,1-3H3/t18-/m0/s1. The Morgan fingerprint density at radius 2 is 1.50 bits per heavy atom. The van der Waals surface area contributed by atoms with Crippen molar-refractivity contribution < 1.29 is 18.9 Å². The maximum Gasteiger partial charge on any atom is 0.231 e. The van der Waals surface area contributed by atoms with Crippen molar-refractivity contribution in [2.24, 2.45) is 0 Å². The number of fused-ring (bicyclic) bond motifs is 1. The van der Waals surface area contributed by atoms with Crippen LogP contribution in [0.25, 0.3) is 11.8 Å². The van der Waals surface area contributed by atoms with Crippen molar-refractivity contribution in [2.75, 3.05) is 21.3 Å². The summed E-state index contributed by atoms with van der Waals surface area (Å²) in [5.41, 5.74) is 2.38. The monoisotopic (exact) mass is 414 g/mol. The van der Waals surface area contributed by atoms with Gasteiger partial charge in [-0.15, -0.1) is 0 Å². The molecule has 0 saturated carbocycles. The zero-order chi connectivity index (χ0) is 18.9. The van der Waals surface area contributed by atoms with Gasteiger partial charge in [-0.1, -0.05) is 34.8 Å². The molecule has 0 aliphatic carbocycles. The number of hydrogen-bond acceptors (Lipinski definition) is 4. The summed E-state index contributed by atoms with van der Waals surface area (Å²) in [5, 5.41) is 0. The minimum Gasteiger partial charge on any atom is -0.497 e. The van der Waals surface area contributed by atoms with Gasteiger partial charge in [0.1, 0.15) is 11.5 Å². The molecule has 1 heterocycles. The van der Waals surface area contributed by atoms with E-state index in [0.29, 0.717) is 22.8 Å². The molecule has 0 amide bonds. The molecule has 0 fully saturated rings. The highest BCUT2D eigenvalue weighted by Gasteiger charge is 2.40. The van der Waals surface area contributed by atoms with Gasteiger partial charge in [-0.3, -0.25) is 0 Å². The van der Waals surface area contributed by atoms with Crippen LogP contribution in [0.2, 0.25) is 0 Å². The fourth-order valence-electron chi connectivity index (χ4n) is 2.78. The van der Waals surface area contributed by atoms with Crippen molar-refractivity contribution in [3.05, 3.63) is 53.1 Å². The molecular weight excluding hydrogens is 399 g/mol. The lowest BCUT2D eigenvalue weighted by Gasteiger charge is -2.32. The summed E-state index contributed by atoms with van der Waals surface area (Å²) in [5.74, 6) is 2.45. The molecule has 0 unspecified atom stereocenters. The SMILES string of the molecule is COc1ccc(C2=Cc3cc(OC)c(OC)cc3[C@@H](C(Cl)(Cl)Cl)O2)cc1. The first kappa shape index (κ1) is 19.0. The average molecular weight is 416 g/mol. The van der Waals surface area contributed by atoms with Gasteiger partial charge in [0, 0.05) is 11.1 Å². The third-order valence-electron chi connectivity index (χ3n) is 4.07. The topological polar surface area (TPSA) is 36.9 Å². The zero-order valence-corrected chi connectivity index (χ0v) is 16.7. The van der Waals surface area contributed by atoms with E-state index in [1.807, 2.05) is 36.4 Å². The molecule has 26 heavy (non-hydrogen) atoms. The first-order chi connectivity index (χ1) is 12.4. The van der Waals surface area contributed by atoms with Gasteiger partial charge in [-0.25, -0.2) is 0 Å². The van der Waals surface area contributed by atoms with Crippen molar-refractivity contribution in [2.45, 2.75) is 9.90 Å². The summed E-state index contributed by atoms with van der Waals surface area (Å²) >= 11 is 18.6. The Hall–Kier alpha value is -1.75. The number of halogens is 3. The molecule has 1 atom stereocenters. The molecule has 2 aromatic carbocycles. The van der Waals surface area contributed by atoms with E-state index in [2.05, 4.69) is 0 Å². The van der Waals surface area contributed by atoms with E-state index in [-0.39, 0.29) is 0 Å². The molecule has 7 heteroatoms.